The Balaban J connectivity index is 0.000000155. The lowest BCUT2D eigenvalue weighted by atomic mass is 10.0. The maximum Gasteiger partial charge on any atom is 0.195 e. The summed E-state index contributed by atoms with van der Waals surface area (Å²) >= 11 is 13.6. The Morgan fingerprint density at radius 2 is 1.44 bits per heavy atom. The number of carbonyl (C=O) groups excluding carboxylic acids is 1. The summed E-state index contributed by atoms with van der Waals surface area (Å²) < 4.78 is 1.73. The van der Waals surface area contributed by atoms with Gasteiger partial charge in [0.2, 0.25) is 0 Å². The van der Waals surface area contributed by atoms with Gasteiger partial charge >= 0.3 is 0 Å². The number of nitrogen functional groups attached to an aromatic ring is 1. The predicted octanol–water partition coefficient (Wildman–Crippen LogP) is 7.22. The summed E-state index contributed by atoms with van der Waals surface area (Å²) in [4.78, 5) is 24.3. The summed E-state index contributed by atoms with van der Waals surface area (Å²) in [5.41, 5.74) is 7.46. The van der Waals surface area contributed by atoms with Gasteiger partial charge in [0.05, 0.1) is 9.72 Å². The van der Waals surface area contributed by atoms with Crippen molar-refractivity contribution in [3.8, 4) is 0 Å². The van der Waals surface area contributed by atoms with Crippen LogP contribution in [0.4, 0.5) is 5.69 Å². The molecule has 0 fully saturated rings. The van der Waals surface area contributed by atoms with Crippen LogP contribution in [0.3, 0.4) is 0 Å². The van der Waals surface area contributed by atoms with Crippen LogP contribution in [0.2, 0.25) is 10.0 Å². The van der Waals surface area contributed by atoms with Crippen LogP contribution < -0.4 is 11.2 Å². The molecule has 0 saturated carbocycles. The van der Waals surface area contributed by atoms with Gasteiger partial charge < -0.3 is 5.73 Å². The zero-order chi connectivity index (χ0) is 22.7. The molecule has 0 aliphatic rings. The van der Waals surface area contributed by atoms with E-state index < -0.39 is 0 Å². The number of rotatable bonds is 2. The highest BCUT2D eigenvalue weighted by molar-refractivity contribution is 7.25. The van der Waals surface area contributed by atoms with E-state index in [1.807, 2.05) is 54.6 Å². The SMILES string of the molecule is Nc1ccccc1C(=O)c1ccccc1.O=c1c2ccccc2sc2c(Cl)cc(Cl)cc12. The summed E-state index contributed by atoms with van der Waals surface area (Å²) in [5.74, 6) is -0.0336. The molecule has 0 atom stereocenters. The largest absolute Gasteiger partial charge is 0.398 e. The average Bonchev–Trinajstić information content (AvgIpc) is 2.81. The number of halogens is 2. The Hall–Kier alpha value is -3.18. The fourth-order valence-corrected chi connectivity index (χ4v) is 4.94. The van der Waals surface area contributed by atoms with Crippen LogP contribution in [0.5, 0.6) is 0 Å². The van der Waals surface area contributed by atoms with E-state index in [0.29, 0.717) is 37.6 Å². The van der Waals surface area contributed by atoms with E-state index in [4.69, 9.17) is 28.9 Å². The summed E-state index contributed by atoms with van der Waals surface area (Å²) in [6, 6.07) is 27.1. The van der Waals surface area contributed by atoms with Crippen LogP contribution in [0.1, 0.15) is 15.9 Å². The molecule has 32 heavy (non-hydrogen) atoms. The van der Waals surface area contributed by atoms with Crippen LogP contribution in [0.25, 0.3) is 20.2 Å². The fourth-order valence-electron chi connectivity index (χ4n) is 3.28. The summed E-state index contributed by atoms with van der Waals surface area (Å²) in [6.07, 6.45) is 0. The van der Waals surface area contributed by atoms with Crippen molar-refractivity contribution in [2.75, 3.05) is 5.73 Å². The second-order valence-corrected chi connectivity index (χ2v) is 8.87. The van der Waals surface area contributed by atoms with E-state index in [1.165, 1.54) is 11.3 Å². The molecule has 0 spiro atoms. The fraction of sp³-hybridized carbons (Fsp3) is 0. The summed E-state index contributed by atoms with van der Waals surface area (Å²) in [6.45, 7) is 0. The van der Waals surface area contributed by atoms with E-state index in [9.17, 15) is 9.59 Å². The van der Waals surface area contributed by atoms with Gasteiger partial charge in [-0.05, 0) is 36.4 Å². The number of fused-ring (bicyclic) bond motifs is 2. The normalized spacial score (nSPS) is 10.6. The topological polar surface area (TPSA) is 60.2 Å². The van der Waals surface area contributed by atoms with E-state index in [0.717, 1.165) is 9.40 Å². The molecular formula is C26H17Cl2NO2S. The number of ketones is 1. The van der Waals surface area contributed by atoms with Crippen molar-refractivity contribution in [2.45, 2.75) is 0 Å². The zero-order valence-corrected chi connectivity index (χ0v) is 19.0. The number of anilines is 1. The summed E-state index contributed by atoms with van der Waals surface area (Å²) in [5, 5.41) is 2.32. The Morgan fingerprint density at radius 3 is 2.19 bits per heavy atom. The molecule has 0 amide bonds. The van der Waals surface area contributed by atoms with Gasteiger partial charge in [-0.15, -0.1) is 11.3 Å². The molecule has 1 aromatic heterocycles. The van der Waals surface area contributed by atoms with Crippen molar-refractivity contribution < 1.29 is 4.79 Å². The van der Waals surface area contributed by atoms with Crippen LogP contribution in [0.15, 0.2) is 95.8 Å². The molecule has 3 nitrogen and oxygen atoms in total. The van der Waals surface area contributed by atoms with E-state index >= 15 is 0 Å². The lowest BCUT2D eigenvalue weighted by molar-refractivity contribution is 0.103. The Labute approximate surface area is 198 Å². The number of hydrogen-bond donors (Lipinski definition) is 1. The Bertz CT molecular complexity index is 1500. The smallest absolute Gasteiger partial charge is 0.195 e. The van der Waals surface area contributed by atoms with Crippen molar-refractivity contribution >= 4 is 66.2 Å². The Kier molecular flexibility index (Phi) is 6.56. The number of nitrogens with two attached hydrogens (primary N) is 1. The second-order valence-electron chi connectivity index (χ2n) is 6.97. The van der Waals surface area contributed by atoms with Gasteiger partial charge in [-0.2, -0.15) is 0 Å². The molecule has 0 aliphatic heterocycles. The second kappa shape index (κ2) is 9.53. The molecule has 158 valence electrons. The molecule has 5 aromatic rings. The zero-order valence-electron chi connectivity index (χ0n) is 16.7. The third kappa shape index (κ3) is 4.53. The number of hydrogen-bond acceptors (Lipinski definition) is 4. The van der Waals surface area contributed by atoms with Gasteiger partial charge in [0.1, 0.15) is 0 Å². The maximum atomic E-state index is 12.3. The van der Waals surface area contributed by atoms with Crippen LogP contribution in [0, 0.1) is 0 Å². The lowest BCUT2D eigenvalue weighted by Gasteiger charge is -2.03. The molecule has 0 bridgehead atoms. The molecular weight excluding hydrogens is 461 g/mol. The number of carbonyl (C=O) groups is 1. The first-order valence-corrected chi connectivity index (χ1v) is 11.3. The summed E-state index contributed by atoms with van der Waals surface area (Å²) in [7, 11) is 0. The number of para-hydroxylation sites is 1. The molecule has 1 heterocycles. The maximum absolute atomic E-state index is 12.3. The van der Waals surface area contributed by atoms with E-state index in [-0.39, 0.29) is 11.2 Å². The van der Waals surface area contributed by atoms with Crippen molar-refractivity contribution in [1.29, 1.82) is 0 Å². The molecule has 6 heteroatoms. The molecule has 5 rings (SSSR count). The molecule has 0 saturated heterocycles. The van der Waals surface area contributed by atoms with Crippen LogP contribution >= 0.6 is 34.5 Å². The minimum Gasteiger partial charge on any atom is -0.398 e. The van der Waals surface area contributed by atoms with Gasteiger partial charge in [-0.1, -0.05) is 77.8 Å². The lowest BCUT2D eigenvalue weighted by Crippen LogP contribution is -2.04. The first-order chi connectivity index (χ1) is 15.5. The molecule has 4 aromatic carbocycles. The van der Waals surface area contributed by atoms with Gasteiger partial charge in [-0.25, -0.2) is 0 Å². The average molecular weight is 478 g/mol. The third-order valence-corrected chi connectivity index (χ3v) is 6.69. The molecule has 0 radical (unpaired) electrons. The van der Waals surface area contributed by atoms with Gasteiger partial charge in [0, 0.05) is 37.3 Å². The van der Waals surface area contributed by atoms with Crippen molar-refractivity contribution in [2.24, 2.45) is 0 Å². The van der Waals surface area contributed by atoms with Gasteiger partial charge in [-0.3, -0.25) is 9.59 Å². The van der Waals surface area contributed by atoms with Crippen LogP contribution in [-0.2, 0) is 0 Å². The minimum atomic E-state index is -0.0336. The van der Waals surface area contributed by atoms with Gasteiger partial charge in [0.15, 0.2) is 11.2 Å². The Morgan fingerprint density at radius 1 is 0.781 bits per heavy atom. The van der Waals surface area contributed by atoms with E-state index in [2.05, 4.69) is 0 Å². The third-order valence-electron chi connectivity index (χ3n) is 4.84. The van der Waals surface area contributed by atoms with Crippen molar-refractivity contribution in [3.63, 3.8) is 0 Å². The van der Waals surface area contributed by atoms with Crippen molar-refractivity contribution in [3.05, 3.63) is 122 Å². The molecule has 0 aliphatic carbocycles. The monoisotopic (exact) mass is 477 g/mol. The predicted molar refractivity (Wildman–Crippen MR) is 136 cm³/mol. The molecule has 2 N–H and O–H groups in total. The van der Waals surface area contributed by atoms with E-state index in [1.54, 1.807) is 36.4 Å². The standard InChI is InChI=1S/C13H6Cl2OS.C13H11NO/c14-7-5-9-12(16)8-3-1-2-4-11(8)17-13(9)10(15)6-7;14-12-9-5-4-8-11(12)13(15)10-6-2-1-3-7-10/h1-6H;1-9H,14H2. The highest BCUT2D eigenvalue weighted by Crippen LogP contribution is 2.32. The first kappa shape index (κ1) is 22.0. The first-order valence-electron chi connectivity index (χ1n) is 9.70. The quantitative estimate of drug-likeness (QED) is 0.166. The van der Waals surface area contributed by atoms with Crippen molar-refractivity contribution in [1.82, 2.24) is 0 Å². The highest BCUT2D eigenvalue weighted by atomic mass is 35.5. The van der Waals surface area contributed by atoms with Crippen LogP contribution in [-0.4, -0.2) is 5.78 Å². The molecule has 0 unspecified atom stereocenters. The van der Waals surface area contributed by atoms with Gasteiger partial charge in [0.25, 0.3) is 0 Å². The number of benzene rings is 4. The minimum absolute atomic E-state index is 0.0150. The highest BCUT2D eigenvalue weighted by Gasteiger charge is 2.11.